The highest BCUT2D eigenvalue weighted by molar-refractivity contribution is 5.93. The lowest BCUT2D eigenvalue weighted by atomic mass is 10.0. The third-order valence-corrected chi connectivity index (χ3v) is 5.50. The maximum atomic E-state index is 12.0. The second-order valence-corrected chi connectivity index (χ2v) is 7.80. The number of likely N-dealkylation sites (tertiary alicyclic amines) is 1. The van der Waals surface area contributed by atoms with Gasteiger partial charge >= 0.3 is 0 Å². The quantitative estimate of drug-likeness (QED) is 0.739. The summed E-state index contributed by atoms with van der Waals surface area (Å²) >= 11 is 0. The van der Waals surface area contributed by atoms with Gasteiger partial charge in [0.1, 0.15) is 0 Å². The molecule has 2 aromatic heterocycles. The van der Waals surface area contributed by atoms with E-state index in [1.54, 1.807) is 6.20 Å². The molecule has 0 spiro atoms. The Morgan fingerprint density at radius 1 is 1.07 bits per heavy atom. The fourth-order valence-corrected chi connectivity index (χ4v) is 3.75. The molecule has 2 fully saturated rings. The van der Waals surface area contributed by atoms with Gasteiger partial charge in [-0.25, -0.2) is 9.97 Å². The van der Waals surface area contributed by atoms with Gasteiger partial charge in [0.2, 0.25) is 11.9 Å². The molecule has 0 radical (unpaired) electrons. The minimum atomic E-state index is 0.0225. The van der Waals surface area contributed by atoms with Crippen LogP contribution in [-0.2, 0) is 11.3 Å². The smallest absolute Gasteiger partial charge is 0.229 e. The van der Waals surface area contributed by atoms with Crippen molar-refractivity contribution < 1.29 is 4.79 Å². The first-order valence-electron chi connectivity index (χ1n) is 9.99. The molecule has 1 aliphatic heterocycles. The number of nitrogens with one attached hydrogen (secondary N) is 1. The van der Waals surface area contributed by atoms with E-state index in [0.717, 1.165) is 41.4 Å². The van der Waals surface area contributed by atoms with Crippen LogP contribution in [0, 0.1) is 5.92 Å². The van der Waals surface area contributed by atoms with Crippen LogP contribution in [-0.4, -0.2) is 38.8 Å². The van der Waals surface area contributed by atoms with Crippen LogP contribution in [0.15, 0.2) is 42.9 Å². The van der Waals surface area contributed by atoms with E-state index in [4.69, 9.17) is 0 Å². The number of anilines is 1. The monoisotopic (exact) mass is 373 g/mol. The number of benzene rings is 1. The van der Waals surface area contributed by atoms with Crippen LogP contribution in [0.2, 0.25) is 0 Å². The van der Waals surface area contributed by atoms with E-state index in [1.807, 2.05) is 24.5 Å². The average Bonchev–Trinajstić information content (AvgIpc) is 3.45. The maximum Gasteiger partial charge on any atom is 0.229 e. The molecule has 2 aliphatic rings. The molecule has 3 aromatic rings. The summed E-state index contributed by atoms with van der Waals surface area (Å²) in [5.74, 6) is 0.534. The van der Waals surface area contributed by atoms with Crippen molar-refractivity contribution in [2.75, 3.05) is 18.4 Å². The van der Waals surface area contributed by atoms with Crippen molar-refractivity contribution in [3.8, 4) is 11.1 Å². The van der Waals surface area contributed by atoms with Crippen molar-refractivity contribution >= 4 is 22.8 Å². The third kappa shape index (κ3) is 3.73. The molecule has 6 heteroatoms. The minimum absolute atomic E-state index is 0.0225. The van der Waals surface area contributed by atoms with E-state index in [1.165, 1.54) is 31.5 Å². The number of pyridine rings is 1. The van der Waals surface area contributed by atoms with Crippen LogP contribution in [0.5, 0.6) is 0 Å². The number of nitrogens with zero attached hydrogens (tertiary/aromatic N) is 4. The van der Waals surface area contributed by atoms with Crippen molar-refractivity contribution in [1.82, 2.24) is 19.9 Å². The van der Waals surface area contributed by atoms with Gasteiger partial charge in [0, 0.05) is 42.0 Å². The molecular formula is C22H23N5O. The Labute approximate surface area is 164 Å². The second kappa shape index (κ2) is 7.28. The van der Waals surface area contributed by atoms with E-state index >= 15 is 0 Å². The number of hydrogen-bond acceptors (Lipinski definition) is 5. The number of hydrogen-bond donors (Lipinski definition) is 1. The fourth-order valence-electron chi connectivity index (χ4n) is 3.75. The first-order valence-corrected chi connectivity index (χ1v) is 9.99. The molecule has 6 nitrogen and oxygen atoms in total. The Balaban J connectivity index is 1.41. The number of aromatic nitrogens is 3. The predicted octanol–water partition coefficient (Wildman–Crippen LogP) is 3.64. The van der Waals surface area contributed by atoms with Crippen molar-refractivity contribution in [1.29, 1.82) is 0 Å². The zero-order chi connectivity index (χ0) is 18.9. The van der Waals surface area contributed by atoms with Gasteiger partial charge in [0.25, 0.3) is 0 Å². The second-order valence-electron chi connectivity index (χ2n) is 7.80. The first-order chi connectivity index (χ1) is 13.7. The summed E-state index contributed by atoms with van der Waals surface area (Å²) < 4.78 is 0. The highest BCUT2D eigenvalue weighted by Crippen LogP contribution is 2.30. The minimum Gasteiger partial charge on any atom is -0.299 e. The number of fused-ring (bicyclic) bond motifs is 1. The van der Waals surface area contributed by atoms with Gasteiger partial charge < -0.3 is 0 Å². The Morgan fingerprint density at radius 3 is 2.75 bits per heavy atom. The summed E-state index contributed by atoms with van der Waals surface area (Å²) in [7, 11) is 0. The first kappa shape index (κ1) is 17.3. The summed E-state index contributed by atoms with van der Waals surface area (Å²) in [5.41, 5.74) is 4.21. The van der Waals surface area contributed by atoms with Crippen LogP contribution in [0.4, 0.5) is 5.95 Å². The molecule has 1 amide bonds. The largest absolute Gasteiger partial charge is 0.299 e. The van der Waals surface area contributed by atoms with Crippen molar-refractivity contribution in [2.45, 2.75) is 32.2 Å². The summed E-state index contributed by atoms with van der Waals surface area (Å²) in [6.45, 7) is 3.30. The summed E-state index contributed by atoms with van der Waals surface area (Å²) in [6.07, 6.45) is 10.1. The number of carbonyl (C=O) groups is 1. The van der Waals surface area contributed by atoms with E-state index in [-0.39, 0.29) is 11.8 Å². The summed E-state index contributed by atoms with van der Waals surface area (Å²) in [4.78, 5) is 27.7. The Hall–Kier alpha value is -2.86. The number of rotatable bonds is 5. The highest BCUT2D eigenvalue weighted by Gasteiger charge is 2.30. The van der Waals surface area contributed by atoms with Gasteiger partial charge in [-0.05, 0) is 62.0 Å². The SMILES string of the molecule is O=C(Nc1ncc2ccc(-c3cncc(CN4CCCC4)c3)cc2n1)C1CC1. The van der Waals surface area contributed by atoms with Crippen molar-refractivity contribution in [3.05, 3.63) is 48.4 Å². The van der Waals surface area contributed by atoms with Gasteiger partial charge in [-0.3, -0.25) is 20.0 Å². The molecule has 3 heterocycles. The van der Waals surface area contributed by atoms with Gasteiger partial charge in [-0.1, -0.05) is 12.1 Å². The lowest BCUT2D eigenvalue weighted by Gasteiger charge is -2.15. The lowest BCUT2D eigenvalue weighted by molar-refractivity contribution is -0.117. The van der Waals surface area contributed by atoms with Gasteiger partial charge in [0.15, 0.2) is 0 Å². The standard InChI is InChI=1S/C22H23N5O/c28-21(16-3-4-16)26-22-24-13-18-6-5-17(10-20(18)25-22)19-9-15(11-23-12-19)14-27-7-1-2-8-27/h5-6,9-13,16H,1-4,7-8,14H2,(H,24,25,26,28). The topological polar surface area (TPSA) is 71.0 Å². The van der Waals surface area contributed by atoms with Crippen molar-refractivity contribution in [3.63, 3.8) is 0 Å². The Morgan fingerprint density at radius 2 is 1.93 bits per heavy atom. The van der Waals surface area contributed by atoms with Crippen LogP contribution < -0.4 is 5.32 Å². The number of amides is 1. The lowest BCUT2D eigenvalue weighted by Crippen LogP contribution is -2.18. The molecule has 1 saturated carbocycles. The van der Waals surface area contributed by atoms with Crippen LogP contribution in [0.1, 0.15) is 31.2 Å². The van der Waals surface area contributed by atoms with Crippen molar-refractivity contribution in [2.24, 2.45) is 5.92 Å². The van der Waals surface area contributed by atoms with Gasteiger partial charge in [0.05, 0.1) is 5.52 Å². The number of carbonyl (C=O) groups excluding carboxylic acids is 1. The molecule has 0 unspecified atom stereocenters. The van der Waals surface area contributed by atoms with Gasteiger partial charge in [-0.2, -0.15) is 0 Å². The molecule has 1 N–H and O–H groups in total. The normalized spacial score (nSPS) is 17.1. The molecule has 0 bridgehead atoms. The zero-order valence-corrected chi connectivity index (χ0v) is 15.8. The fraction of sp³-hybridized carbons (Fsp3) is 0.364. The summed E-state index contributed by atoms with van der Waals surface area (Å²) in [5, 5.41) is 3.78. The highest BCUT2D eigenvalue weighted by atomic mass is 16.2. The van der Waals surface area contributed by atoms with E-state index < -0.39 is 0 Å². The molecule has 1 aromatic carbocycles. The van der Waals surface area contributed by atoms with Crippen LogP contribution in [0.25, 0.3) is 22.0 Å². The maximum absolute atomic E-state index is 12.0. The van der Waals surface area contributed by atoms with E-state index in [2.05, 4.69) is 37.3 Å². The van der Waals surface area contributed by atoms with Crippen LogP contribution in [0.3, 0.4) is 0 Å². The molecule has 1 saturated heterocycles. The molecule has 142 valence electrons. The summed E-state index contributed by atoms with van der Waals surface area (Å²) in [6, 6.07) is 8.35. The van der Waals surface area contributed by atoms with Crippen LogP contribution >= 0.6 is 0 Å². The Bertz CT molecular complexity index is 1020. The third-order valence-electron chi connectivity index (χ3n) is 5.50. The molecular weight excluding hydrogens is 350 g/mol. The molecule has 1 aliphatic carbocycles. The zero-order valence-electron chi connectivity index (χ0n) is 15.8. The molecule has 0 atom stereocenters. The average molecular weight is 373 g/mol. The Kier molecular flexibility index (Phi) is 4.49. The van der Waals surface area contributed by atoms with E-state index in [9.17, 15) is 4.79 Å². The predicted molar refractivity (Wildman–Crippen MR) is 109 cm³/mol. The van der Waals surface area contributed by atoms with Gasteiger partial charge in [-0.15, -0.1) is 0 Å². The van der Waals surface area contributed by atoms with E-state index in [0.29, 0.717) is 5.95 Å². The molecule has 5 rings (SSSR count). The molecule has 28 heavy (non-hydrogen) atoms.